The van der Waals surface area contributed by atoms with Crippen molar-refractivity contribution in [3.8, 4) is 11.1 Å². The van der Waals surface area contributed by atoms with Crippen molar-refractivity contribution in [3.63, 3.8) is 0 Å². The molecule has 84 valence electrons. The van der Waals surface area contributed by atoms with E-state index in [1.54, 1.807) is 12.1 Å². The van der Waals surface area contributed by atoms with Crippen molar-refractivity contribution in [2.45, 2.75) is 6.92 Å². The number of aryl methyl sites for hydroxylation is 1. The first-order valence-corrected chi connectivity index (χ1v) is 5.45. The molecule has 3 aromatic rings. The lowest BCUT2D eigenvalue weighted by Gasteiger charge is -1.99. The van der Waals surface area contributed by atoms with E-state index >= 15 is 0 Å². The molecule has 0 aliphatic heterocycles. The van der Waals surface area contributed by atoms with E-state index < -0.39 is 0 Å². The Kier molecular flexibility index (Phi) is 2.18. The standard InChI is InChI=1S/C14H11FN2/c1-9-2-7-12-13(8-16-14(12)17-9)10-3-5-11(15)6-4-10/h2-8H,1H3,(H,16,17). The van der Waals surface area contributed by atoms with Crippen molar-refractivity contribution in [2.24, 2.45) is 0 Å². The predicted molar refractivity (Wildman–Crippen MR) is 66.2 cm³/mol. The maximum Gasteiger partial charge on any atom is 0.138 e. The van der Waals surface area contributed by atoms with Crippen LogP contribution in [0.15, 0.2) is 42.6 Å². The molecule has 0 aliphatic rings. The maximum atomic E-state index is 12.9. The zero-order chi connectivity index (χ0) is 11.8. The number of benzene rings is 1. The van der Waals surface area contributed by atoms with E-state index in [1.165, 1.54) is 12.1 Å². The number of pyridine rings is 1. The Morgan fingerprint density at radius 1 is 1.06 bits per heavy atom. The summed E-state index contributed by atoms with van der Waals surface area (Å²) >= 11 is 0. The third-order valence-electron chi connectivity index (χ3n) is 2.83. The maximum absolute atomic E-state index is 12.9. The fourth-order valence-electron chi connectivity index (χ4n) is 1.97. The molecule has 3 rings (SSSR count). The third kappa shape index (κ3) is 1.69. The molecule has 0 saturated carbocycles. The van der Waals surface area contributed by atoms with Gasteiger partial charge in [-0.2, -0.15) is 0 Å². The molecule has 0 unspecified atom stereocenters. The molecular weight excluding hydrogens is 215 g/mol. The lowest BCUT2D eigenvalue weighted by atomic mass is 10.1. The minimum atomic E-state index is -0.220. The van der Waals surface area contributed by atoms with E-state index in [2.05, 4.69) is 9.97 Å². The average molecular weight is 226 g/mol. The van der Waals surface area contributed by atoms with Gasteiger partial charge in [0.15, 0.2) is 0 Å². The van der Waals surface area contributed by atoms with Crippen LogP contribution in [0.3, 0.4) is 0 Å². The molecule has 1 N–H and O–H groups in total. The summed E-state index contributed by atoms with van der Waals surface area (Å²) in [6.07, 6.45) is 1.91. The van der Waals surface area contributed by atoms with Crippen molar-refractivity contribution in [3.05, 3.63) is 54.1 Å². The van der Waals surface area contributed by atoms with Gasteiger partial charge in [-0.05, 0) is 36.8 Å². The summed E-state index contributed by atoms with van der Waals surface area (Å²) in [4.78, 5) is 7.55. The smallest absolute Gasteiger partial charge is 0.138 e. The highest BCUT2D eigenvalue weighted by Crippen LogP contribution is 2.27. The second kappa shape index (κ2) is 3.70. The Balaban J connectivity index is 2.21. The zero-order valence-electron chi connectivity index (χ0n) is 9.37. The van der Waals surface area contributed by atoms with Gasteiger partial charge in [-0.25, -0.2) is 9.37 Å². The summed E-state index contributed by atoms with van der Waals surface area (Å²) in [5.74, 6) is -0.220. The number of nitrogens with one attached hydrogen (secondary N) is 1. The van der Waals surface area contributed by atoms with Crippen molar-refractivity contribution >= 4 is 11.0 Å². The molecule has 0 bridgehead atoms. The van der Waals surface area contributed by atoms with E-state index in [4.69, 9.17) is 0 Å². The third-order valence-corrected chi connectivity index (χ3v) is 2.83. The van der Waals surface area contributed by atoms with Gasteiger partial charge in [0.1, 0.15) is 11.5 Å². The van der Waals surface area contributed by atoms with Gasteiger partial charge in [-0.1, -0.05) is 12.1 Å². The number of aromatic amines is 1. The van der Waals surface area contributed by atoms with Crippen LogP contribution in [-0.2, 0) is 0 Å². The average Bonchev–Trinajstić information content (AvgIpc) is 2.73. The molecule has 2 aromatic heterocycles. The molecule has 0 saturated heterocycles. The number of nitrogens with zero attached hydrogens (tertiary/aromatic N) is 1. The molecule has 0 amide bonds. The van der Waals surface area contributed by atoms with Gasteiger partial charge in [0.2, 0.25) is 0 Å². The Labute approximate surface area is 98.1 Å². The lowest BCUT2D eigenvalue weighted by Crippen LogP contribution is -1.81. The fourth-order valence-corrected chi connectivity index (χ4v) is 1.97. The van der Waals surface area contributed by atoms with Crippen molar-refractivity contribution in [1.29, 1.82) is 0 Å². The number of fused-ring (bicyclic) bond motifs is 1. The fraction of sp³-hybridized carbons (Fsp3) is 0.0714. The topological polar surface area (TPSA) is 28.7 Å². The molecule has 0 spiro atoms. The molecule has 2 nitrogen and oxygen atoms in total. The minimum absolute atomic E-state index is 0.220. The quantitative estimate of drug-likeness (QED) is 0.673. The van der Waals surface area contributed by atoms with E-state index in [0.717, 1.165) is 27.9 Å². The van der Waals surface area contributed by atoms with Crippen LogP contribution in [0.5, 0.6) is 0 Å². The van der Waals surface area contributed by atoms with E-state index in [0.29, 0.717) is 0 Å². The van der Waals surface area contributed by atoms with Crippen LogP contribution in [0, 0.1) is 12.7 Å². The second-order valence-corrected chi connectivity index (χ2v) is 4.06. The number of hydrogen-bond donors (Lipinski definition) is 1. The molecule has 0 aliphatic carbocycles. The van der Waals surface area contributed by atoms with Crippen LogP contribution >= 0.6 is 0 Å². The Morgan fingerprint density at radius 2 is 1.82 bits per heavy atom. The molecule has 0 radical (unpaired) electrons. The number of H-pyrrole nitrogens is 1. The van der Waals surface area contributed by atoms with E-state index in [1.807, 2.05) is 25.3 Å². The SMILES string of the molecule is Cc1ccc2c(-c3ccc(F)cc3)c[nH]c2n1. The number of halogens is 1. The first-order chi connectivity index (χ1) is 8.24. The predicted octanol–water partition coefficient (Wildman–Crippen LogP) is 3.68. The Morgan fingerprint density at radius 3 is 2.59 bits per heavy atom. The zero-order valence-corrected chi connectivity index (χ0v) is 9.37. The first kappa shape index (κ1) is 10.0. The second-order valence-electron chi connectivity index (χ2n) is 4.06. The van der Waals surface area contributed by atoms with Crippen molar-refractivity contribution < 1.29 is 4.39 Å². The van der Waals surface area contributed by atoms with Crippen LogP contribution in [0.25, 0.3) is 22.2 Å². The number of hydrogen-bond acceptors (Lipinski definition) is 1. The number of rotatable bonds is 1. The van der Waals surface area contributed by atoms with Gasteiger partial charge in [0.25, 0.3) is 0 Å². The van der Waals surface area contributed by atoms with E-state index in [-0.39, 0.29) is 5.82 Å². The Bertz CT molecular complexity index is 668. The summed E-state index contributed by atoms with van der Waals surface area (Å²) in [5, 5.41) is 1.06. The molecule has 17 heavy (non-hydrogen) atoms. The summed E-state index contributed by atoms with van der Waals surface area (Å²) in [6.45, 7) is 1.96. The number of aromatic nitrogens is 2. The lowest BCUT2D eigenvalue weighted by molar-refractivity contribution is 0.628. The highest BCUT2D eigenvalue weighted by Gasteiger charge is 2.06. The largest absolute Gasteiger partial charge is 0.346 e. The molecule has 3 heteroatoms. The van der Waals surface area contributed by atoms with Crippen LogP contribution < -0.4 is 0 Å². The minimum Gasteiger partial charge on any atom is -0.346 e. The summed E-state index contributed by atoms with van der Waals surface area (Å²) < 4.78 is 12.9. The molecule has 0 atom stereocenters. The van der Waals surface area contributed by atoms with Crippen molar-refractivity contribution in [1.82, 2.24) is 9.97 Å². The van der Waals surface area contributed by atoms with Gasteiger partial charge in [0.05, 0.1) is 0 Å². The summed E-state index contributed by atoms with van der Waals surface area (Å²) in [5.41, 5.74) is 3.88. The normalized spacial score (nSPS) is 10.9. The molecule has 1 aromatic carbocycles. The Hall–Kier alpha value is -2.16. The highest BCUT2D eigenvalue weighted by atomic mass is 19.1. The van der Waals surface area contributed by atoms with E-state index in [9.17, 15) is 4.39 Å². The van der Waals surface area contributed by atoms with Crippen LogP contribution in [-0.4, -0.2) is 9.97 Å². The first-order valence-electron chi connectivity index (χ1n) is 5.45. The summed E-state index contributed by atoms with van der Waals surface area (Å²) in [7, 11) is 0. The van der Waals surface area contributed by atoms with Crippen LogP contribution in [0.4, 0.5) is 4.39 Å². The molecule has 2 heterocycles. The van der Waals surface area contributed by atoms with Gasteiger partial charge in [-0.3, -0.25) is 0 Å². The molecule has 0 fully saturated rings. The monoisotopic (exact) mass is 226 g/mol. The van der Waals surface area contributed by atoms with Gasteiger partial charge < -0.3 is 4.98 Å². The van der Waals surface area contributed by atoms with Crippen LogP contribution in [0.1, 0.15) is 5.69 Å². The van der Waals surface area contributed by atoms with Gasteiger partial charge >= 0.3 is 0 Å². The van der Waals surface area contributed by atoms with Gasteiger partial charge in [-0.15, -0.1) is 0 Å². The van der Waals surface area contributed by atoms with Crippen LogP contribution in [0.2, 0.25) is 0 Å². The highest BCUT2D eigenvalue weighted by molar-refractivity contribution is 5.93. The summed E-state index contributed by atoms with van der Waals surface area (Å²) in [6, 6.07) is 10.5. The van der Waals surface area contributed by atoms with Crippen molar-refractivity contribution in [2.75, 3.05) is 0 Å². The van der Waals surface area contributed by atoms with Gasteiger partial charge in [0, 0.05) is 22.8 Å². The molecular formula is C14H11FN2.